The van der Waals surface area contributed by atoms with Gasteiger partial charge in [-0.05, 0) is 56.2 Å². The van der Waals surface area contributed by atoms with Gasteiger partial charge in [-0.1, -0.05) is 13.8 Å². The molecule has 1 aromatic rings. The molecule has 0 heterocycles. The lowest BCUT2D eigenvalue weighted by Crippen LogP contribution is -2.28. The van der Waals surface area contributed by atoms with Gasteiger partial charge in [0.15, 0.2) is 0 Å². The zero-order chi connectivity index (χ0) is 15.4. The third-order valence-electron chi connectivity index (χ3n) is 3.95. The van der Waals surface area contributed by atoms with Gasteiger partial charge in [0.25, 0.3) is 0 Å². The van der Waals surface area contributed by atoms with Crippen molar-refractivity contribution in [3.63, 3.8) is 0 Å². The third-order valence-corrected chi connectivity index (χ3v) is 3.95. The smallest absolute Gasteiger partial charge is 0.338 e. The van der Waals surface area contributed by atoms with Gasteiger partial charge >= 0.3 is 5.97 Å². The Bertz CT molecular complexity index is 491. The molecule has 1 fully saturated rings. The van der Waals surface area contributed by atoms with Crippen molar-refractivity contribution in [2.45, 2.75) is 46.1 Å². The average Bonchev–Trinajstić information content (AvgIpc) is 2.40. The van der Waals surface area contributed by atoms with Gasteiger partial charge in [0.1, 0.15) is 11.9 Å². The van der Waals surface area contributed by atoms with Gasteiger partial charge in [-0.3, -0.25) is 0 Å². The number of hydrogen-bond acceptors (Lipinski definition) is 4. The summed E-state index contributed by atoms with van der Waals surface area (Å²) in [6.07, 6.45) is 3.12. The molecule has 2 atom stereocenters. The number of carbonyl (C=O) groups is 1. The highest BCUT2D eigenvalue weighted by atomic mass is 16.5. The van der Waals surface area contributed by atoms with E-state index in [0.717, 1.165) is 12.8 Å². The van der Waals surface area contributed by atoms with Crippen LogP contribution in [0.5, 0.6) is 5.75 Å². The highest BCUT2D eigenvalue weighted by Gasteiger charge is 2.27. The molecule has 116 valence electrons. The van der Waals surface area contributed by atoms with Crippen LogP contribution < -0.4 is 10.5 Å². The molecule has 1 aliphatic carbocycles. The quantitative estimate of drug-likeness (QED) is 0.679. The van der Waals surface area contributed by atoms with E-state index in [1.807, 2.05) is 6.92 Å². The maximum atomic E-state index is 12.2. The lowest BCUT2D eigenvalue weighted by atomic mass is 9.82. The van der Waals surface area contributed by atoms with Crippen molar-refractivity contribution in [1.29, 1.82) is 0 Å². The number of ether oxygens (including phenoxy) is 2. The molecule has 0 amide bonds. The first-order valence-corrected chi connectivity index (χ1v) is 7.72. The molecule has 4 heteroatoms. The molecule has 0 radical (unpaired) electrons. The summed E-state index contributed by atoms with van der Waals surface area (Å²) in [5.41, 5.74) is 6.85. The van der Waals surface area contributed by atoms with Crippen molar-refractivity contribution >= 4 is 11.7 Å². The summed E-state index contributed by atoms with van der Waals surface area (Å²) < 4.78 is 11.0. The normalized spacial score (nSPS) is 25.4. The largest absolute Gasteiger partial charge is 0.492 e. The average molecular weight is 291 g/mol. The van der Waals surface area contributed by atoms with Crippen LogP contribution in [0.3, 0.4) is 0 Å². The summed E-state index contributed by atoms with van der Waals surface area (Å²) in [5, 5.41) is 0. The maximum absolute atomic E-state index is 12.2. The Morgan fingerprint density at radius 2 is 1.90 bits per heavy atom. The molecule has 0 aliphatic heterocycles. The van der Waals surface area contributed by atoms with Crippen molar-refractivity contribution in [2.24, 2.45) is 11.8 Å². The van der Waals surface area contributed by atoms with Crippen molar-refractivity contribution in [1.82, 2.24) is 0 Å². The summed E-state index contributed by atoms with van der Waals surface area (Å²) in [6.45, 7) is 6.87. The fourth-order valence-corrected chi connectivity index (χ4v) is 3.15. The van der Waals surface area contributed by atoms with Crippen LogP contribution in [0.15, 0.2) is 18.2 Å². The molecule has 2 N–H and O–H groups in total. The molecule has 0 saturated heterocycles. The molecular weight excluding hydrogens is 266 g/mol. The molecule has 0 spiro atoms. The molecule has 21 heavy (non-hydrogen) atoms. The molecule has 1 aromatic carbocycles. The predicted octanol–water partition coefficient (Wildman–Crippen LogP) is 3.65. The van der Waals surface area contributed by atoms with Crippen LogP contribution in [-0.2, 0) is 4.74 Å². The number of nitrogen functional groups attached to an aromatic ring is 1. The van der Waals surface area contributed by atoms with Crippen LogP contribution in [0.4, 0.5) is 5.69 Å². The summed E-state index contributed by atoms with van der Waals surface area (Å²) in [4.78, 5) is 12.2. The van der Waals surface area contributed by atoms with Crippen LogP contribution in [0, 0.1) is 11.8 Å². The van der Waals surface area contributed by atoms with E-state index in [2.05, 4.69) is 13.8 Å². The highest BCUT2D eigenvalue weighted by Crippen LogP contribution is 2.31. The Balaban J connectivity index is 2.01. The van der Waals surface area contributed by atoms with E-state index < -0.39 is 0 Å². The summed E-state index contributed by atoms with van der Waals surface area (Å²) in [5.74, 6) is 1.53. The van der Waals surface area contributed by atoms with E-state index in [1.165, 1.54) is 6.42 Å². The van der Waals surface area contributed by atoms with E-state index >= 15 is 0 Å². The van der Waals surface area contributed by atoms with E-state index in [9.17, 15) is 4.79 Å². The molecule has 1 aliphatic rings. The Kier molecular flexibility index (Phi) is 5.10. The molecule has 2 unspecified atom stereocenters. The third kappa shape index (κ3) is 4.13. The minimum absolute atomic E-state index is 0.0176. The van der Waals surface area contributed by atoms with E-state index in [-0.39, 0.29) is 12.1 Å². The number of anilines is 1. The number of benzene rings is 1. The van der Waals surface area contributed by atoms with Crippen LogP contribution >= 0.6 is 0 Å². The molecule has 0 bridgehead atoms. The SMILES string of the molecule is CCOc1ccc(C(=O)OC2CC(C)CC(C)C2)cc1N. The van der Waals surface area contributed by atoms with Crippen molar-refractivity contribution in [3.05, 3.63) is 23.8 Å². The molecule has 4 nitrogen and oxygen atoms in total. The fourth-order valence-electron chi connectivity index (χ4n) is 3.15. The van der Waals surface area contributed by atoms with Crippen molar-refractivity contribution in [2.75, 3.05) is 12.3 Å². The van der Waals surface area contributed by atoms with Crippen molar-refractivity contribution < 1.29 is 14.3 Å². The first-order valence-electron chi connectivity index (χ1n) is 7.72. The van der Waals surface area contributed by atoms with E-state index in [0.29, 0.717) is 35.4 Å². The maximum Gasteiger partial charge on any atom is 0.338 e. The minimum atomic E-state index is -0.295. The van der Waals surface area contributed by atoms with E-state index in [4.69, 9.17) is 15.2 Å². The zero-order valence-corrected chi connectivity index (χ0v) is 13.1. The lowest BCUT2D eigenvalue weighted by molar-refractivity contribution is 0.00806. The standard InChI is InChI=1S/C17H25NO3/c1-4-20-16-6-5-13(10-15(16)18)17(19)21-14-8-11(2)7-12(3)9-14/h5-6,10-12,14H,4,7-9,18H2,1-3H3. The number of nitrogens with two attached hydrogens (primary N) is 1. The number of carbonyl (C=O) groups excluding carboxylic acids is 1. The minimum Gasteiger partial charge on any atom is -0.492 e. The van der Waals surface area contributed by atoms with Gasteiger partial charge in [-0.2, -0.15) is 0 Å². The predicted molar refractivity (Wildman–Crippen MR) is 83.4 cm³/mol. The van der Waals surface area contributed by atoms with Crippen LogP contribution in [-0.4, -0.2) is 18.7 Å². The van der Waals surface area contributed by atoms with Gasteiger partial charge in [-0.25, -0.2) is 4.79 Å². The van der Waals surface area contributed by atoms with Gasteiger partial charge in [0, 0.05) is 0 Å². The van der Waals surface area contributed by atoms with Gasteiger partial charge in [0.05, 0.1) is 17.9 Å². The Morgan fingerprint density at radius 3 is 2.48 bits per heavy atom. The summed E-state index contributed by atoms with van der Waals surface area (Å²) in [6, 6.07) is 5.06. The number of hydrogen-bond donors (Lipinski definition) is 1. The van der Waals surface area contributed by atoms with Gasteiger partial charge in [0.2, 0.25) is 0 Å². The Labute approximate surface area is 126 Å². The van der Waals surface area contributed by atoms with Crippen LogP contribution in [0.1, 0.15) is 50.4 Å². The zero-order valence-electron chi connectivity index (χ0n) is 13.1. The Morgan fingerprint density at radius 1 is 1.24 bits per heavy atom. The molecule has 2 rings (SSSR count). The number of esters is 1. The van der Waals surface area contributed by atoms with E-state index in [1.54, 1.807) is 18.2 Å². The van der Waals surface area contributed by atoms with Crippen molar-refractivity contribution in [3.8, 4) is 5.75 Å². The second-order valence-electron chi connectivity index (χ2n) is 6.13. The fraction of sp³-hybridized carbons (Fsp3) is 0.588. The summed E-state index contributed by atoms with van der Waals surface area (Å²) >= 11 is 0. The topological polar surface area (TPSA) is 61.5 Å². The first kappa shape index (κ1) is 15.7. The number of rotatable bonds is 4. The monoisotopic (exact) mass is 291 g/mol. The second kappa shape index (κ2) is 6.83. The molecule has 1 saturated carbocycles. The second-order valence-corrected chi connectivity index (χ2v) is 6.13. The first-order chi connectivity index (χ1) is 9.99. The van der Waals surface area contributed by atoms with Gasteiger partial charge in [-0.15, -0.1) is 0 Å². The van der Waals surface area contributed by atoms with Crippen LogP contribution in [0.2, 0.25) is 0 Å². The molecule has 0 aromatic heterocycles. The summed E-state index contributed by atoms with van der Waals surface area (Å²) in [7, 11) is 0. The molecular formula is C17H25NO3. The van der Waals surface area contributed by atoms with Crippen LogP contribution in [0.25, 0.3) is 0 Å². The Hall–Kier alpha value is -1.71. The lowest BCUT2D eigenvalue weighted by Gasteiger charge is -2.31. The highest BCUT2D eigenvalue weighted by molar-refractivity contribution is 5.91. The van der Waals surface area contributed by atoms with Gasteiger partial charge < -0.3 is 15.2 Å².